The number of rotatable bonds is 6. The summed E-state index contributed by atoms with van der Waals surface area (Å²) in [6.45, 7) is 0. The van der Waals surface area contributed by atoms with E-state index in [1.807, 2.05) is 0 Å². The molecule has 0 spiro atoms. The van der Waals surface area contributed by atoms with Crippen molar-refractivity contribution in [2.45, 2.75) is 4.90 Å². The van der Waals surface area contributed by atoms with Gasteiger partial charge in [-0.15, -0.1) is 0 Å². The zero-order chi connectivity index (χ0) is 21.8. The lowest BCUT2D eigenvalue weighted by Gasteiger charge is -2.09. The fourth-order valence-corrected chi connectivity index (χ4v) is 3.09. The van der Waals surface area contributed by atoms with Gasteiger partial charge in [-0.05, 0) is 30.3 Å². The third-order valence-corrected chi connectivity index (χ3v) is 4.85. The van der Waals surface area contributed by atoms with E-state index in [9.17, 15) is 38.2 Å². The molecule has 0 saturated heterocycles. The van der Waals surface area contributed by atoms with Crippen molar-refractivity contribution in [3.63, 3.8) is 0 Å². The van der Waals surface area contributed by atoms with Gasteiger partial charge in [-0.3, -0.25) is 25.0 Å². The highest BCUT2D eigenvalue weighted by atomic mass is 32.2. The minimum absolute atomic E-state index is 0.292. The Kier molecular flexibility index (Phi) is 6.08. The highest BCUT2D eigenvalue weighted by molar-refractivity contribution is 7.90. The Morgan fingerprint density at radius 1 is 0.931 bits per heavy atom. The molecule has 0 radical (unpaired) electrons. The molecule has 0 aliphatic heterocycles. The lowest BCUT2D eigenvalue weighted by molar-refractivity contribution is -0.422. The molecule has 13 nitrogen and oxygen atoms in total. The van der Waals surface area contributed by atoms with Gasteiger partial charge in [-0.2, -0.15) is 0 Å². The van der Waals surface area contributed by atoms with Crippen molar-refractivity contribution < 1.29 is 27.9 Å². The maximum Gasteiger partial charge on any atom is 0.346 e. The van der Waals surface area contributed by atoms with Gasteiger partial charge in [0.2, 0.25) is 0 Å². The molecule has 3 N–H and O–H groups in total. The molecule has 29 heavy (non-hydrogen) atoms. The summed E-state index contributed by atoms with van der Waals surface area (Å²) in [6, 6.07) is 6.53. The van der Waals surface area contributed by atoms with Gasteiger partial charge < -0.3 is 10.6 Å². The predicted molar refractivity (Wildman–Crippen MR) is 98.9 cm³/mol. The molecule has 0 atom stereocenters. The second-order valence-electron chi connectivity index (χ2n) is 5.38. The molecule has 0 aliphatic carbocycles. The fraction of sp³-hybridized carbons (Fsp3) is 0.0667. The molecule has 14 heteroatoms. The number of benzene rings is 2. The number of anilines is 1. The molecule has 152 valence electrons. The van der Waals surface area contributed by atoms with E-state index in [0.29, 0.717) is 11.8 Å². The first-order valence-electron chi connectivity index (χ1n) is 7.64. The monoisotopic (exact) mass is 423 g/mol. The molecule has 2 rings (SSSR count). The van der Waals surface area contributed by atoms with Crippen molar-refractivity contribution in [3.8, 4) is 0 Å². The van der Waals surface area contributed by atoms with Gasteiger partial charge >= 0.3 is 17.4 Å². The Bertz CT molecular complexity index is 1100. The number of carbonyl (C=O) groups excluding carboxylic acids is 2. The van der Waals surface area contributed by atoms with E-state index >= 15 is 0 Å². The number of urea groups is 1. The van der Waals surface area contributed by atoms with E-state index in [-0.39, 0.29) is 4.90 Å². The minimum atomic E-state index is -4.35. The average Bonchev–Trinajstić information content (AvgIpc) is 2.67. The molecule has 0 heterocycles. The van der Waals surface area contributed by atoms with Crippen LogP contribution in [0, 0.1) is 20.2 Å². The number of nitro groups is 2. The number of hydrogen-bond acceptors (Lipinski definition) is 8. The van der Waals surface area contributed by atoms with E-state index in [0.717, 1.165) is 24.3 Å². The van der Waals surface area contributed by atoms with Crippen molar-refractivity contribution in [1.29, 1.82) is 0 Å². The van der Waals surface area contributed by atoms with Crippen LogP contribution in [0.3, 0.4) is 0 Å². The van der Waals surface area contributed by atoms with Crippen molar-refractivity contribution in [1.82, 2.24) is 10.0 Å². The second-order valence-corrected chi connectivity index (χ2v) is 7.06. The standard InChI is InChI=1S/C15H13N5O8S/c1-16-15(22)17-10-3-5-11(6-4-10)29(27,28)18-14(21)9-2-7-12(19(23)24)13(8-9)20(25)26/h2-8H,1H3,(H,18,21)(H2,16,17,22). The van der Waals surface area contributed by atoms with E-state index < -0.39 is 48.7 Å². The summed E-state index contributed by atoms with van der Waals surface area (Å²) in [7, 11) is -2.95. The summed E-state index contributed by atoms with van der Waals surface area (Å²) < 4.78 is 26.4. The van der Waals surface area contributed by atoms with Crippen LogP contribution in [0.5, 0.6) is 0 Å². The molecular formula is C15H13N5O8S. The van der Waals surface area contributed by atoms with Crippen LogP contribution >= 0.6 is 0 Å². The van der Waals surface area contributed by atoms with Gasteiger partial charge in [0.25, 0.3) is 15.9 Å². The Hall–Kier alpha value is -4.07. The van der Waals surface area contributed by atoms with Gasteiger partial charge in [0, 0.05) is 30.4 Å². The summed E-state index contributed by atoms with van der Waals surface area (Å²) in [5.74, 6) is -1.21. The highest BCUT2D eigenvalue weighted by Crippen LogP contribution is 2.27. The van der Waals surface area contributed by atoms with E-state index in [1.54, 1.807) is 4.72 Å². The first kappa shape index (κ1) is 21.2. The lowest BCUT2D eigenvalue weighted by Crippen LogP contribution is -2.30. The first-order valence-corrected chi connectivity index (χ1v) is 9.12. The third-order valence-electron chi connectivity index (χ3n) is 3.51. The summed E-state index contributed by atoms with van der Waals surface area (Å²) >= 11 is 0. The minimum Gasteiger partial charge on any atom is -0.341 e. The number of nitrogens with one attached hydrogen (secondary N) is 3. The Labute approximate surface area is 163 Å². The topological polar surface area (TPSA) is 191 Å². The number of carbonyl (C=O) groups is 2. The fourth-order valence-electron chi connectivity index (χ4n) is 2.12. The van der Waals surface area contributed by atoms with Crippen molar-refractivity contribution in [2.24, 2.45) is 0 Å². The molecule has 3 amide bonds. The van der Waals surface area contributed by atoms with E-state index in [4.69, 9.17) is 0 Å². The zero-order valence-electron chi connectivity index (χ0n) is 14.6. The van der Waals surface area contributed by atoms with E-state index in [2.05, 4.69) is 10.6 Å². The number of amides is 3. The molecule has 0 unspecified atom stereocenters. The number of nitrogens with zero attached hydrogens (tertiary/aromatic N) is 2. The third kappa shape index (κ3) is 5.01. The maximum atomic E-state index is 12.3. The van der Waals surface area contributed by atoms with Crippen LogP contribution in [-0.4, -0.2) is 37.3 Å². The van der Waals surface area contributed by atoms with E-state index in [1.165, 1.54) is 19.2 Å². The Morgan fingerprint density at radius 2 is 1.52 bits per heavy atom. The van der Waals surface area contributed by atoms with Crippen molar-refractivity contribution in [2.75, 3.05) is 12.4 Å². The van der Waals surface area contributed by atoms with Gasteiger partial charge in [-0.1, -0.05) is 0 Å². The number of sulfonamides is 1. The van der Waals surface area contributed by atoms with Gasteiger partial charge in [0.1, 0.15) is 0 Å². The molecular weight excluding hydrogens is 410 g/mol. The molecule has 2 aromatic carbocycles. The molecule has 0 saturated carbocycles. The smallest absolute Gasteiger partial charge is 0.341 e. The summed E-state index contributed by atoms with van der Waals surface area (Å²) in [5, 5.41) is 26.5. The number of nitro benzene ring substituents is 2. The summed E-state index contributed by atoms with van der Waals surface area (Å²) in [6.07, 6.45) is 0. The van der Waals surface area contributed by atoms with Crippen LogP contribution < -0.4 is 15.4 Å². The molecule has 2 aromatic rings. The lowest BCUT2D eigenvalue weighted by atomic mass is 10.1. The second kappa shape index (κ2) is 8.30. The van der Waals surface area contributed by atoms with Gasteiger partial charge in [0.15, 0.2) is 0 Å². The zero-order valence-corrected chi connectivity index (χ0v) is 15.4. The molecule has 0 aliphatic rings. The maximum absolute atomic E-state index is 12.3. The Balaban J connectivity index is 2.25. The molecule has 0 bridgehead atoms. The Morgan fingerprint density at radius 3 is 2.03 bits per heavy atom. The quantitative estimate of drug-likeness (QED) is 0.458. The first-order chi connectivity index (χ1) is 13.5. The van der Waals surface area contributed by atoms with Crippen LogP contribution in [0.1, 0.15) is 10.4 Å². The van der Waals surface area contributed by atoms with Crippen LogP contribution in [0.25, 0.3) is 0 Å². The van der Waals surface area contributed by atoms with Gasteiger partial charge in [-0.25, -0.2) is 17.9 Å². The SMILES string of the molecule is CNC(=O)Nc1ccc(S(=O)(=O)NC(=O)c2ccc([N+](=O)[O-])c([N+](=O)[O-])c2)cc1. The molecule has 0 fully saturated rings. The van der Waals surface area contributed by atoms with Crippen LogP contribution in [0.15, 0.2) is 47.4 Å². The predicted octanol–water partition coefficient (Wildman–Crippen LogP) is 1.37. The largest absolute Gasteiger partial charge is 0.346 e. The normalized spacial score (nSPS) is 10.7. The molecule has 0 aromatic heterocycles. The van der Waals surface area contributed by atoms with Crippen LogP contribution in [-0.2, 0) is 10.0 Å². The number of hydrogen-bond donors (Lipinski definition) is 3. The van der Waals surface area contributed by atoms with Crippen LogP contribution in [0.4, 0.5) is 21.9 Å². The summed E-state index contributed by atoms with van der Waals surface area (Å²) in [5.41, 5.74) is -1.96. The summed E-state index contributed by atoms with van der Waals surface area (Å²) in [4.78, 5) is 42.8. The van der Waals surface area contributed by atoms with Crippen molar-refractivity contribution >= 4 is 39.0 Å². The van der Waals surface area contributed by atoms with Gasteiger partial charge in [0.05, 0.1) is 14.7 Å². The van der Waals surface area contributed by atoms with Crippen LogP contribution in [0.2, 0.25) is 0 Å². The highest BCUT2D eigenvalue weighted by Gasteiger charge is 2.27. The average molecular weight is 423 g/mol. The van der Waals surface area contributed by atoms with Crippen molar-refractivity contribution in [3.05, 3.63) is 68.3 Å².